The van der Waals surface area contributed by atoms with Gasteiger partial charge in [-0.05, 0) is 50.4 Å². The van der Waals surface area contributed by atoms with E-state index < -0.39 is 10.0 Å². The Hall–Kier alpha value is -0.0900. The summed E-state index contributed by atoms with van der Waals surface area (Å²) in [5.41, 5.74) is 0.389. The van der Waals surface area contributed by atoms with Crippen molar-refractivity contribution in [1.82, 2.24) is 4.72 Å². The lowest BCUT2D eigenvalue weighted by Crippen LogP contribution is -2.38. The lowest BCUT2D eigenvalue weighted by Gasteiger charge is -2.32. The molecule has 3 nitrogen and oxygen atoms in total. The SMILES string of the molecule is CCS(=O)(=O)NC1CCC(CC(C)(C)C)CC1. The van der Waals surface area contributed by atoms with Gasteiger partial charge in [0.25, 0.3) is 0 Å². The molecule has 0 unspecified atom stereocenters. The highest BCUT2D eigenvalue weighted by Gasteiger charge is 2.26. The molecule has 0 heterocycles. The molecule has 0 spiro atoms. The van der Waals surface area contributed by atoms with Crippen LogP contribution in [0.3, 0.4) is 0 Å². The number of rotatable bonds is 4. The van der Waals surface area contributed by atoms with Gasteiger partial charge in [-0.3, -0.25) is 0 Å². The first-order valence-electron chi connectivity index (χ1n) is 6.72. The van der Waals surface area contributed by atoms with E-state index in [0.717, 1.165) is 31.6 Å². The van der Waals surface area contributed by atoms with Crippen LogP contribution in [-0.4, -0.2) is 20.2 Å². The fourth-order valence-electron chi connectivity index (χ4n) is 2.69. The molecule has 0 radical (unpaired) electrons. The normalized spacial score (nSPS) is 27.1. The Balaban J connectivity index is 2.36. The molecule has 17 heavy (non-hydrogen) atoms. The van der Waals surface area contributed by atoms with Gasteiger partial charge in [0.2, 0.25) is 10.0 Å². The van der Waals surface area contributed by atoms with Gasteiger partial charge in [-0.1, -0.05) is 20.8 Å². The van der Waals surface area contributed by atoms with E-state index >= 15 is 0 Å². The van der Waals surface area contributed by atoms with Crippen molar-refractivity contribution < 1.29 is 8.42 Å². The van der Waals surface area contributed by atoms with Gasteiger partial charge in [0.05, 0.1) is 5.75 Å². The average molecular weight is 261 g/mol. The van der Waals surface area contributed by atoms with Gasteiger partial charge in [0.15, 0.2) is 0 Å². The van der Waals surface area contributed by atoms with Crippen molar-refractivity contribution in [2.75, 3.05) is 5.75 Å². The van der Waals surface area contributed by atoms with Crippen LogP contribution in [0.2, 0.25) is 0 Å². The number of hydrogen-bond donors (Lipinski definition) is 1. The van der Waals surface area contributed by atoms with E-state index in [2.05, 4.69) is 25.5 Å². The summed E-state index contributed by atoms with van der Waals surface area (Å²) in [7, 11) is -3.02. The summed E-state index contributed by atoms with van der Waals surface area (Å²) in [4.78, 5) is 0. The summed E-state index contributed by atoms with van der Waals surface area (Å²) in [6, 6.07) is 0.177. The molecule has 1 rings (SSSR count). The van der Waals surface area contributed by atoms with Crippen LogP contribution in [-0.2, 0) is 10.0 Å². The van der Waals surface area contributed by atoms with Crippen molar-refractivity contribution in [1.29, 1.82) is 0 Å². The van der Waals surface area contributed by atoms with E-state index in [4.69, 9.17) is 0 Å². The van der Waals surface area contributed by atoms with Crippen molar-refractivity contribution >= 4 is 10.0 Å². The van der Waals surface area contributed by atoms with E-state index in [1.165, 1.54) is 6.42 Å². The third-order valence-electron chi connectivity index (χ3n) is 3.47. The zero-order valence-electron chi connectivity index (χ0n) is 11.6. The molecule has 1 aliphatic carbocycles. The Bertz CT molecular complexity index is 322. The standard InChI is InChI=1S/C13H27NO2S/c1-5-17(15,16)14-12-8-6-11(7-9-12)10-13(2,3)4/h11-12,14H,5-10H2,1-4H3. The number of nitrogens with one attached hydrogen (secondary N) is 1. The number of hydrogen-bond acceptors (Lipinski definition) is 2. The molecular formula is C13H27NO2S. The minimum Gasteiger partial charge on any atom is -0.212 e. The quantitative estimate of drug-likeness (QED) is 0.845. The van der Waals surface area contributed by atoms with Gasteiger partial charge >= 0.3 is 0 Å². The number of sulfonamides is 1. The van der Waals surface area contributed by atoms with Crippen LogP contribution in [0.25, 0.3) is 0 Å². The fraction of sp³-hybridized carbons (Fsp3) is 1.00. The van der Waals surface area contributed by atoms with Gasteiger partial charge < -0.3 is 0 Å². The molecule has 0 aromatic rings. The molecule has 0 aromatic heterocycles. The molecule has 0 aliphatic heterocycles. The Labute approximate surface area is 106 Å². The molecule has 1 saturated carbocycles. The van der Waals surface area contributed by atoms with Crippen LogP contribution in [0.5, 0.6) is 0 Å². The maximum Gasteiger partial charge on any atom is 0.211 e. The van der Waals surface area contributed by atoms with Crippen LogP contribution in [0.1, 0.15) is 59.8 Å². The Morgan fingerprint density at radius 3 is 2.06 bits per heavy atom. The molecule has 0 bridgehead atoms. The monoisotopic (exact) mass is 261 g/mol. The van der Waals surface area contributed by atoms with Crippen molar-refractivity contribution in [2.24, 2.45) is 11.3 Å². The molecule has 0 saturated heterocycles. The molecule has 102 valence electrons. The molecule has 4 heteroatoms. The maximum absolute atomic E-state index is 11.5. The van der Waals surface area contributed by atoms with E-state index in [1.807, 2.05) is 0 Å². The molecule has 1 N–H and O–H groups in total. The Morgan fingerprint density at radius 1 is 1.12 bits per heavy atom. The van der Waals surface area contributed by atoms with E-state index in [9.17, 15) is 8.42 Å². The highest BCUT2D eigenvalue weighted by Crippen LogP contribution is 2.34. The Kier molecular flexibility index (Phi) is 5.02. The predicted molar refractivity (Wildman–Crippen MR) is 72.4 cm³/mol. The molecule has 1 fully saturated rings. The molecule has 0 amide bonds. The van der Waals surface area contributed by atoms with Gasteiger partial charge in [-0.25, -0.2) is 13.1 Å². The summed E-state index contributed by atoms with van der Waals surface area (Å²) in [5.74, 6) is 0.965. The van der Waals surface area contributed by atoms with Crippen molar-refractivity contribution in [3.8, 4) is 0 Å². The van der Waals surface area contributed by atoms with Gasteiger partial charge in [0, 0.05) is 6.04 Å². The largest absolute Gasteiger partial charge is 0.212 e. The van der Waals surface area contributed by atoms with Crippen LogP contribution >= 0.6 is 0 Å². The predicted octanol–water partition coefficient (Wildman–Crippen LogP) is 2.92. The summed E-state index contributed by atoms with van der Waals surface area (Å²) < 4.78 is 25.7. The van der Waals surface area contributed by atoms with Gasteiger partial charge in [-0.15, -0.1) is 0 Å². The summed E-state index contributed by atoms with van der Waals surface area (Å²) in [6.45, 7) is 8.52. The zero-order valence-corrected chi connectivity index (χ0v) is 12.4. The second-order valence-corrected chi connectivity index (χ2v) is 8.55. The lowest BCUT2D eigenvalue weighted by atomic mass is 9.76. The van der Waals surface area contributed by atoms with E-state index in [0.29, 0.717) is 5.41 Å². The first-order valence-corrected chi connectivity index (χ1v) is 8.37. The summed E-state index contributed by atoms with van der Waals surface area (Å²) in [6.07, 6.45) is 5.57. The lowest BCUT2D eigenvalue weighted by molar-refractivity contribution is 0.223. The highest BCUT2D eigenvalue weighted by atomic mass is 32.2. The van der Waals surface area contributed by atoms with Crippen molar-refractivity contribution in [3.05, 3.63) is 0 Å². The van der Waals surface area contributed by atoms with Gasteiger partial charge in [0.1, 0.15) is 0 Å². The second kappa shape index (κ2) is 5.70. The fourth-order valence-corrected chi connectivity index (χ4v) is 3.60. The first-order chi connectivity index (χ1) is 7.72. The maximum atomic E-state index is 11.5. The van der Waals surface area contributed by atoms with E-state index in [1.54, 1.807) is 6.92 Å². The average Bonchev–Trinajstić information content (AvgIpc) is 2.19. The summed E-state index contributed by atoms with van der Waals surface area (Å²) in [5, 5.41) is 0. The van der Waals surface area contributed by atoms with E-state index in [-0.39, 0.29) is 11.8 Å². The zero-order chi connectivity index (χ0) is 13.1. The van der Waals surface area contributed by atoms with Crippen molar-refractivity contribution in [3.63, 3.8) is 0 Å². The third kappa shape index (κ3) is 5.87. The Morgan fingerprint density at radius 2 is 1.65 bits per heavy atom. The minimum absolute atomic E-state index is 0.177. The molecular weight excluding hydrogens is 234 g/mol. The molecule has 0 aromatic carbocycles. The van der Waals surface area contributed by atoms with Crippen LogP contribution < -0.4 is 4.72 Å². The molecule has 1 aliphatic rings. The smallest absolute Gasteiger partial charge is 0.211 e. The minimum atomic E-state index is -3.02. The van der Waals surface area contributed by atoms with Gasteiger partial charge in [-0.2, -0.15) is 0 Å². The second-order valence-electron chi connectivity index (χ2n) is 6.50. The van der Waals surface area contributed by atoms with Crippen LogP contribution in [0.4, 0.5) is 0 Å². The topological polar surface area (TPSA) is 46.2 Å². The molecule has 0 atom stereocenters. The third-order valence-corrected chi connectivity index (χ3v) is 4.93. The summed E-state index contributed by atoms with van der Waals surface area (Å²) >= 11 is 0. The van der Waals surface area contributed by atoms with Crippen LogP contribution in [0, 0.1) is 11.3 Å². The van der Waals surface area contributed by atoms with Crippen LogP contribution in [0.15, 0.2) is 0 Å². The van der Waals surface area contributed by atoms with Crippen molar-refractivity contribution in [2.45, 2.75) is 65.8 Å². The highest BCUT2D eigenvalue weighted by molar-refractivity contribution is 7.89. The first kappa shape index (κ1) is 15.0.